The van der Waals surface area contributed by atoms with Crippen LogP contribution in [0.3, 0.4) is 0 Å². The number of hydrogen-bond acceptors (Lipinski definition) is 4. The van der Waals surface area contributed by atoms with Crippen LogP contribution < -0.4 is 5.73 Å². The third kappa shape index (κ3) is 4.90. The highest BCUT2D eigenvalue weighted by Gasteiger charge is 2.30. The molecule has 27 heavy (non-hydrogen) atoms. The van der Waals surface area contributed by atoms with Gasteiger partial charge in [0.1, 0.15) is 12.0 Å². The van der Waals surface area contributed by atoms with Gasteiger partial charge in [-0.25, -0.2) is 0 Å². The Balaban J connectivity index is 1.57. The highest BCUT2D eigenvalue weighted by atomic mass is 19.4. The second-order valence-electron chi connectivity index (χ2n) is 6.62. The highest BCUT2D eigenvalue weighted by Crippen LogP contribution is 2.29. The molecule has 146 valence electrons. The number of benzene rings is 1. The summed E-state index contributed by atoms with van der Waals surface area (Å²) in [7, 11) is 0. The zero-order valence-electron chi connectivity index (χ0n) is 14.8. The number of carbonyl (C=O) groups is 1. The number of alkyl halides is 3. The van der Waals surface area contributed by atoms with Crippen molar-refractivity contribution in [1.29, 1.82) is 0 Å². The third-order valence-electron chi connectivity index (χ3n) is 4.67. The molecule has 0 radical (unpaired) electrons. The highest BCUT2D eigenvalue weighted by molar-refractivity contribution is 5.94. The molecule has 0 saturated carbocycles. The summed E-state index contributed by atoms with van der Waals surface area (Å²) in [5.74, 6) is 0.479. The fraction of sp³-hybridized carbons (Fsp3) is 0.421. The Kier molecular flexibility index (Phi) is 5.86. The van der Waals surface area contributed by atoms with Crippen molar-refractivity contribution < 1.29 is 22.4 Å². The lowest BCUT2D eigenvalue weighted by Crippen LogP contribution is -2.34. The topological polar surface area (TPSA) is 62.7 Å². The number of hydrogen-bond donors (Lipinski definition) is 1. The largest absolute Gasteiger partial charge is 0.467 e. The zero-order chi connectivity index (χ0) is 19.4. The molecule has 1 fully saturated rings. The minimum Gasteiger partial charge on any atom is -0.467 e. The molecule has 0 aliphatic carbocycles. The first-order valence-electron chi connectivity index (χ1n) is 8.82. The molecular weight excluding hydrogens is 359 g/mol. The van der Waals surface area contributed by atoms with Crippen LogP contribution in [0, 0.1) is 0 Å². The van der Waals surface area contributed by atoms with Gasteiger partial charge in [0.25, 0.3) is 5.91 Å². The molecule has 0 atom stereocenters. The lowest BCUT2D eigenvalue weighted by Gasteiger charge is -2.22. The molecular formula is C19H22F3N3O2. The Morgan fingerprint density at radius 3 is 2.48 bits per heavy atom. The number of amides is 1. The Labute approximate surface area is 155 Å². The maximum Gasteiger partial charge on any atom is 0.416 e. The summed E-state index contributed by atoms with van der Waals surface area (Å²) in [5, 5.41) is 0. The Hall–Kier alpha value is -2.32. The normalized spacial score (nSPS) is 16.4. The predicted octanol–water partition coefficient (Wildman–Crippen LogP) is 3.11. The summed E-state index contributed by atoms with van der Waals surface area (Å²) in [4.78, 5) is 16.5. The SMILES string of the molecule is NCc1cc(C(=O)N2CCCN(Cc3ccc(C(F)(F)F)cc3)CC2)co1. The average molecular weight is 381 g/mol. The van der Waals surface area contributed by atoms with Crippen molar-refractivity contribution in [3.05, 3.63) is 59.0 Å². The number of halogens is 3. The molecule has 2 N–H and O–H groups in total. The lowest BCUT2D eigenvalue weighted by molar-refractivity contribution is -0.137. The predicted molar refractivity (Wildman–Crippen MR) is 93.8 cm³/mol. The standard InChI is InChI=1S/C19H22F3N3O2/c20-19(21,22)16-4-2-14(3-5-16)12-24-6-1-7-25(9-8-24)18(26)15-10-17(11-23)27-13-15/h2-5,10,13H,1,6-9,11-12,23H2. The van der Waals surface area contributed by atoms with Gasteiger partial charge in [-0.1, -0.05) is 12.1 Å². The van der Waals surface area contributed by atoms with Gasteiger partial charge in [0.05, 0.1) is 17.7 Å². The molecule has 1 aliphatic heterocycles. The van der Waals surface area contributed by atoms with Crippen molar-refractivity contribution in [3.63, 3.8) is 0 Å². The van der Waals surface area contributed by atoms with E-state index >= 15 is 0 Å². The van der Waals surface area contributed by atoms with Crippen LogP contribution >= 0.6 is 0 Å². The van der Waals surface area contributed by atoms with E-state index in [1.807, 2.05) is 0 Å². The van der Waals surface area contributed by atoms with Crippen LogP contribution in [0.25, 0.3) is 0 Å². The fourth-order valence-electron chi connectivity index (χ4n) is 3.17. The molecule has 1 saturated heterocycles. The van der Waals surface area contributed by atoms with Crippen molar-refractivity contribution in [2.45, 2.75) is 25.7 Å². The third-order valence-corrected chi connectivity index (χ3v) is 4.67. The Morgan fingerprint density at radius 2 is 1.85 bits per heavy atom. The van der Waals surface area contributed by atoms with Gasteiger partial charge < -0.3 is 15.1 Å². The molecule has 8 heteroatoms. The molecule has 5 nitrogen and oxygen atoms in total. The molecule has 1 aromatic heterocycles. The quantitative estimate of drug-likeness (QED) is 0.884. The number of nitrogens with two attached hydrogens (primary N) is 1. The Morgan fingerprint density at radius 1 is 1.11 bits per heavy atom. The summed E-state index contributed by atoms with van der Waals surface area (Å²) in [6.07, 6.45) is -2.10. The molecule has 0 unspecified atom stereocenters. The zero-order valence-corrected chi connectivity index (χ0v) is 14.8. The summed E-state index contributed by atoms with van der Waals surface area (Å²) in [6.45, 7) is 3.43. The van der Waals surface area contributed by atoms with Crippen LogP contribution in [0.5, 0.6) is 0 Å². The summed E-state index contributed by atoms with van der Waals surface area (Å²) < 4.78 is 43.2. The minimum atomic E-state index is -4.32. The van der Waals surface area contributed by atoms with E-state index in [9.17, 15) is 18.0 Å². The van der Waals surface area contributed by atoms with Crippen molar-refractivity contribution in [3.8, 4) is 0 Å². The first-order valence-corrected chi connectivity index (χ1v) is 8.82. The summed E-state index contributed by atoms with van der Waals surface area (Å²) >= 11 is 0. The van der Waals surface area contributed by atoms with Gasteiger partial charge in [-0.15, -0.1) is 0 Å². The van der Waals surface area contributed by atoms with E-state index in [1.165, 1.54) is 18.4 Å². The molecule has 3 rings (SSSR count). The van der Waals surface area contributed by atoms with Gasteiger partial charge in [-0.05, 0) is 30.2 Å². The molecule has 1 aliphatic rings. The summed E-state index contributed by atoms with van der Waals surface area (Å²) in [5.41, 5.74) is 6.18. The van der Waals surface area contributed by atoms with Gasteiger partial charge >= 0.3 is 6.18 Å². The van der Waals surface area contributed by atoms with Crippen LogP contribution in [0.4, 0.5) is 13.2 Å². The minimum absolute atomic E-state index is 0.0881. The smallest absolute Gasteiger partial charge is 0.416 e. The van der Waals surface area contributed by atoms with Crippen LogP contribution in [0.1, 0.15) is 33.7 Å². The second kappa shape index (κ2) is 8.14. The van der Waals surface area contributed by atoms with Gasteiger partial charge in [-0.2, -0.15) is 13.2 Å². The summed E-state index contributed by atoms with van der Waals surface area (Å²) in [6, 6.07) is 6.90. The number of carbonyl (C=O) groups excluding carboxylic acids is 1. The number of rotatable bonds is 4. The van der Waals surface area contributed by atoms with Gasteiger partial charge in [0.15, 0.2) is 0 Å². The van der Waals surface area contributed by atoms with E-state index in [-0.39, 0.29) is 12.5 Å². The van der Waals surface area contributed by atoms with E-state index in [0.29, 0.717) is 37.5 Å². The van der Waals surface area contributed by atoms with Gasteiger partial charge in [0.2, 0.25) is 0 Å². The average Bonchev–Trinajstić information content (AvgIpc) is 3.01. The molecule has 1 aromatic carbocycles. The monoisotopic (exact) mass is 381 g/mol. The number of furan rings is 1. The van der Waals surface area contributed by atoms with Crippen molar-refractivity contribution in [1.82, 2.24) is 9.80 Å². The van der Waals surface area contributed by atoms with Crippen LogP contribution in [0.15, 0.2) is 41.0 Å². The second-order valence-corrected chi connectivity index (χ2v) is 6.62. The van der Waals surface area contributed by atoms with E-state index in [0.717, 1.165) is 30.7 Å². The van der Waals surface area contributed by atoms with Crippen LogP contribution in [-0.2, 0) is 19.3 Å². The molecule has 2 heterocycles. The first kappa shape index (κ1) is 19.4. The maximum absolute atomic E-state index is 12.7. The maximum atomic E-state index is 12.7. The van der Waals surface area contributed by atoms with E-state index in [1.54, 1.807) is 11.0 Å². The number of nitrogens with zero attached hydrogens (tertiary/aromatic N) is 2. The van der Waals surface area contributed by atoms with E-state index in [4.69, 9.17) is 10.2 Å². The van der Waals surface area contributed by atoms with Crippen molar-refractivity contribution in [2.24, 2.45) is 5.73 Å². The van der Waals surface area contributed by atoms with Crippen LogP contribution in [-0.4, -0.2) is 41.9 Å². The fourth-order valence-corrected chi connectivity index (χ4v) is 3.17. The lowest BCUT2D eigenvalue weighted by atomic mass is 10.1. The Bertz CT molecular complexity index is 771. The van der Waals surface area contributed by atoms with Gasteiger partial charge in [-0.3, -0.25) is 9.69 Å². The van der Waals surface area contributed by atoms with E-state index in [2.05, 4.69) is 4.90 Å². The van der Waals surface area contributed by atoms with Crippen molar-refractivity contribution >= 4 is 5.91 Å². The molecule has 2 aromatic rings. The molecule has 0 spiro atoms. The molecule has 0 bridgehead atoms. The van der Waals surface area contributed by atoms with Crippen molar-refractivity contribution in [2.75, 3.05) is 26.2 Å². The molecule has 1 amide bonds. The van der Waals surface area contributed by atoms with Gasteiger partial charge in [0, 0.05) is 32.7 Å². The van der Waals surface area contributed by atoms with Crippen LogP contribution in [0.2, 0.25) is 0 Å². The van der Waals surface area contributed by atoms with E-state index < -0.39 is 11.7 Å². The first-order chi connectivity index (χ1) is 12.9.